The molecule has 0 unspecified atom stereocenters. The first-order valence-electron chi connectivity index (χ1n) is 4.15. The quantitative estimate of drug-likeness (QED) is 0.656. The molecule has 0 aliphatic heterocycles. The molecular formula is C10H9Cl3O2. The smallest absolute Gasteiger partial charge is 0.164 e. The molecule has 82 valence electrons. The lowest BCUT2D eigenvalue weighted by Crippen LogP contribution is -1.97. The zero-order chi connectivity index (χ0) is 11.4. The van der Waals surface area contributed by atoms with E-state index < -0.39 is 0 Å². The molecule has 1 rings (SSSR count). The highest BCUT2D eigenvalue weighted by Gasteiger charge is 2.11. The van der Waals surface area contributed by atoms with Crippen LogP contribution in [0.15, 0.2) is 24.0 Å². The monoisotopic (exact) mass is 266 g/mol. The van der Waals surface area contributed by atoms with Crippen LogP contribution in [0.25, 0.3) is 0 Å². The first-order valence-corrected chi connectivity index (χ1v) is 5.44. The number of alkyl halides is 1. The maximum atomic E-state index is 9.20. The maximum absolute atomic E-state index is 9.20. The minimum Gasteiger partial charge on any atom is -0.508 e. The van der Waals surface area contributed by atoms with Gasteiger partial charge in [0, 0.05) is 12.1 Å². The van der Waals surface area contributed by atoms with Gasteiger partial charge >= 0.3 is 0 Å². The molecule has 0 fully saturated rings. The number of hydrogen-bond acceptors (Lipinski definition) is 2. The number of ether oxygens (including phenoxy) is 1. The second-order valence-corrected chi connectivity index (χ2v) is 3.81. The minimum atomic E-state index is -0.00903. The van der Waals surface area contributed by atoms with Gasteiger partial charge in [0.15, 0.2) is 5.75 Å². The summed E-state index contributed by atoms with van der Waals surface area (Å²) in [5.41, 5.74) is 0. The summed E-state index contributed by atoms with van der Waals surface area (Å²) in [5.74, 6) is 1.06. The van der Waals surface area contributed by atoms with Crippen molar-refractivity contribution in [3.8, 4) is 11.5 Å². The molecule has 0 aliphatic rings. The molecule has 0 saturated carbocycles. The number of phenols is 1. The molecule has 0 saturated heterocycles. The van der Waals surface area contributed by atoms with Gasteiger partial charge in [0.2, 0.25) is 0 Å². The minimum absolute atomic E-state index is 0.00903. The highest BCUT2D eigenvalue weighted by atomic mass is 35.5. The largest absolute Gasteiger partial charge is 0.508 e. The predicted octanol–water partition coefficient (Wildman–Crippen LogP) is 4.22. The second-order valence-electron chi connectivity index (χ2n) is 2.73. The number of halogens is 3. The van der Waals surface area contributed by atoms with Crippen molar-refractivity contribution in [1.82, 2.24) is 0 Å². The number of allylic oxidation sites excluding steroid dienone is 2. The first-order chi connectivity index (χ1) is 7.08. The average molecular weight is 268 g/mol. The van der Waals surface area contributed by atoms with Crippen molar-refractivity contribution in [2.24, 2.45) is 0 Å². The van der Waals surface area contributed by atoms with Crippen molar-refractivity contribution in [2.45, 2.75) is 6.92 Å². The van der Waals surface area contributed by atoms with Gasteiger partial charge in [0.25, 0.3) is 0 Å². The molecule has 0 aliphatic carbocycles. The normalized spacial score (nSPS) is 11.6. The van der Waals surface area contributed by atoms with E-state index in [1.165, 1.54) is 12.1 Å². The molecule has 1 aromatic carbocycles. The second kappa shape index (κ2) is 5.50. The van der Waals surface area contributed by atoms with Crippen molar-refractivity contribution in [1.29, 1.82) is 0 Å². The number of aromatic hydroxyl groups is 1. The van der Waals surface area contributed by atoms with Crippen LogP contribution in [-0.2, 0) is 0 Å². The molecular weight excluding hydrogens is 258 g/mol. The van der Waals surface area contributed by atoms with Gasteiger partial charge in [-0.05, 0) is 13.0 Å². The third-order valence-corrected chi connectivity index (χ3v) is 2.49. The van der Waals surface area contributed by atoms with Gasteiger partial charge < -0.3 is 9.84 Å². The highest BCUT2D eigenvalue weighted by Crippen LogP contribution is 2.37. The van der Waals surface area contributed by atoms with Gasteiger partial charge in [-0.1, -0.05) is 23.2 Å². The van der Waals surface area contributed by atoms with E-state index in [9.17, 15) is 5.11 Å². The molecule has 15 heavy (non-hydrogen) atoms. The molecule has 0 heterocycles. The number of rotatable bonds is 3. The molecule has 0 atom stereocenters. The Kier molecular flexibility index (Phi) is 4.58. The van der Waals surface area contributed by atoms with Gasteiger partial charge in [-0.2, -0.15) is 0 Å². The zero-order valence-corrected chi connectivity index (χ0v) is 10.2. The van der Waals surface area contributed by atoms with Crippen molar-refractivity contribution < 1.29 is 9.84 Å². The Labute approximate surface area is 103 Å². The third kappa shape index (κ3) is 3.20. The summed E-state index contributed by atoms with van der Waals surface area (Å²) < 4.78 is 5.38. The lowest BCUT2D eigenvalue weighted by Gasteiger charge is -2.10. The van der Waals surface area contributed by atoms with Crippen molar-refractivity contribution in [3.05, 3.63) is 34.0 Å². The van der Waals surface area contributed by atoms with E-state index in [-0.39, 0.29) is 21.7 Å². The number of hydrogen-bond donors (Lipinski definition) is 1. The topological polar surface area (TPSA) is 29.5 Å². The molecule has 0 aromatic heterocycles. The molecule has 0 amide bonds. The Morgan fingerprint density at radius 3 is 2.33 bits per heavy atom. The molecule has 0 bridgehead atoms. The van der Waals surface area contributed by atoms with Crippen LogP contribution < -0.4 is 4.74 Å². The van der Waals surface area contributed by atoms with Gasteiger partial charge in [-0.25, -0.2) is 0 Å². The molecule has 2 nitrogen and oxygen atoms in total. The summed E-state index contributed by atoms with van der Waals surface area (Å²) in [6.45, 7) is 1.79. The van der Waals surface area contributed by atoms with Crippen molar-refractivity contribution >= 4 is 34.8 Å². The fourth-order valence-corrected chi connectivity index (χ4v) is 1.70. The summed E-state index contributed by atoms with van der Waals surface area (Å²) in [5, 5.41) is 9.68. The fourth-order valence-electron chi connectivity index (χ4n) is 0.938. The van der Waals surface area contributed by atoms with E-state index in [1.54, 1.807) is 13.0 Å². The van der Waals surface area contributed by atoms with E-state index in [2.05, 4.69) is 0 Å². The van der Waals surface area contributed by atoms with Crippen LogP contribution in [0.1, 0.15) is 6.92 Å². The van der Waals surface area contributed by atoms with Gasteiger partial charge in [-0.15, -0.1) is 11.6 Å². The summed E-state index contributed by atoms with van der Waals surface area (Å²) in [6, 6.07) is 2.70. The molecule has 1 N–H and O–H groups in total. The van der Waals surface area contributed by atoms with Gasteiger partial charge in [0.1, 0.15) is 11.5 Å². The Balaban J connectivity index is 3.05. The predicted molar refractivity (Wildman–Crippen MR) is 63.2 cm³/mol. The fraction of sp³-hybridized carbons (Fsp3) is 0.200. The third-order valence-electron chi connectivity index (χ3n) is 1.67. The van der Waals surface area contributed by atoms with Crippen LogP contribution in [0, 0.1) is 0 Å². The lowest BCUT2D eigenvalue weighted by atomic mass is 10.3. The highest BCUT2D eigenvalue weighted by molar-refractivity contribution is 6.37. The van der Waals surface area contributed by atoms with Crippen molar-refractivity contribution in [2.75, 3.05) is 5.88 Å². The summed E-state index contributed by atoms with van der Waals surface area (Å²) >= 11 is 17.3. The number of benzene rings is 1. The van der Waals surface area contributed by atoms with E-state index in [4.69, 9.17) is 39.5 Å². The first kappa shape index (κ1) is 12.5. The Bertz CT molecular complexity index is 365. The van der Waals surface area contributed by atoms with Crippen molar-refractivity contribution in [3.63, 3.8) is 0 Å². The van der Waals surface area contributed by atoms with E-state index >= 15 is 0 Å². The Morgan fingerprint density at radius 1 is 1.40 bits per heavy atom. The van der Waals surface area contributed by atoms with Crippen LogP contribution in [0.2, 0.25) is 10.0 Å². The zero-order valence-electron chi connectivity index (χ0n) is 7.93. The molecule has 1 aromatic rings. The maximum Gasteiger partial charge on any atom is 0.164 e. The van der Waals surface area contributed by atoms with Gasteiger partial charge in [-0.3, -0.25) is 0 Å². The summed E-state index contributed by atoms with van der Waals surface area (Å²) in [4.78, 5) is 0. The standard InChI is InChI=1S/C10H9Cl3O2/c1-2-7(5-11)15-10-8(12)3-6(14)4-9(10)13/h2-4,14H,5H2,1H3. The average Bonchev–Trinajstić information content (AvgIpc) is 2.17. The molecule has 5 heteroatoms. The molecule has 0 radical (unpaired) electrons. The summed E-state index contributed by atoms with van der Waals surface area (Å²) in [6.07, 6.45) is 1.71. The molecule has 0 spiro atoms. The van der Waals surface area contributed by atoms with Gasteiger partial charge in [0.05, 0.1) is 15.9 Å². The SMILES string of the molecule is CC=C(CCl)Oc1c(Cl)cc(O)cc1Cl. The van der Waals surface area contributed by atoms with E-state index in [0.717, 1.165) is 0 Å². The van der Waals surface area contributed by atoms with Crippen LogP contribution >= 0.6 is 34.8 Å². The lowest BCUT2D eigenvalue weighted by molar-refractivity contribution is 0.426. The van der Waals surface area contributed by atoms with Crippen LogP contribution in [0.3, 0.4) is 0 Å². The van der Waals surface area contributed by atoms with Crippen LogP contribution in [0.5, 0.6) is 11.5 Å². The van der Waals surface area contributed by atoms with Crippen LogP contribution in [0.4, 0.5) is 0 Å². The summed E-state index contributed by atoms with van der Waals surface area (Å²) in [7, 11) is 0. The van der Waals surface area contributed by atoms with E-state index in [0.29, 0.717) is 11.5 Å². The van der Waals surface area contributed by atoms with Crippen LogP contribution in [-0.4, -0.2) is 11.0 Å². The Hall–Kier alpha value is -0.570. The number of phenolic OH excluding ortho intramolecular Hbond substituents is 1. The van der Waals surface area contributed by atoms with E-state index in [1.807, 2.05) is 0 Å². The Morgan fingerprint density at radius 2 is 1.93 bits per heavy atom.